The highest BCUT2D eigenvalue weighted by molar-refractivity contribution is 6.31. The summed E-state index contributed by atoms with van der Waals surface area (Å²) in [6, 6.07) is 3.61. The molecule has 2 heterocycles. The van der Waals surface area contributed by atoms with Crippen LogP contribution in [0.3, 0.4) is 0 Å². The maximum absolute atomic E-state index is 13.0. The van der Waals surface area contributed by atoms with Gasteiger partial charge in [-0.3, -0.25) is 0 Å². The molecule has 6 nitrogen and oxygen atoms in total. The van der Waals surface area contributed by atoms with E-state index >= 15 is 0 Å². The third kappa shape index (κ3) is 4.34. The van der Waals surface area contributed by atoms with Crippen LogP contribution in [-0.2, 0) is 6.18 Å². The Kier molecular flexibility index (Phi) is 5.47. The highest BCUT2D eigenvalue weighted by Gasteiger charge is 2.33. The third-order valence-corrected chi connectivity index (χ3v) is 4.52. The van der Waals surface area contributed by atoms with E-state index in [0.717, 1.165) is 38.8 Å². The van der Waals surface area contributed by atoms with E-state index in [4.69, 9.17) is 11.6 Å². The number of hydrogen-bond acceptors (Lipinski definition) is 6. The second-order valence-corrected chi connectivity index (χ2v) is 6.29. The van der Waals surface area contributed by atoms with Crippen LogP contribution >= 0.6 is 11.6 Å². The lowest BCUT2D eigenvalue weighted by molar-refractivity contribution is -0.137. The molecule has 0 amide bonds. The first kappa shape index (κ1) is 18.7. The Labute approximate surface area is 154 Å². The number of benzene rings is 1. The Morgan fingerprint density at radius 2 is 1.92 bits per heavy atom. The highest BCUT2D eigenvalue weighted by Crippen LogP contribution is 2.36. The van der Waals surface area contributed by atoms with Crippen molar-refractivity contribution in [1.82, 2.24) is 20.1 Å². The predicted molar refractivity (Wildman–Crippen MR) is 93.9 cm³/mol. The summed E-state index contributed by atoms with van der Waals surface area (Å²) in [5.74, 6) is 0.777. The molecular weight excluding hydrogens is 369 g/mol. The van der Waals surface area contributed by atoms with Crippen LogP contribution < -0.4 is 10.2 Å². The number of likely N-dealkylation sites (N-methyl/N-ethyl adjacent to an activating group) is 1. The van der Waals surface area contributed by atoms with Gasteiger partial charge < -0.3 is 15.1 Å². The SMILES string of the molecule is CCN1CCN(c2nncc(Nc3ccc(Cl)c(C(F)(F)F)c3)n2)CC1. The molecule has 1 N–H and O–H groups in total. The molecule has 1 aliphatic heterocycles. The molecule has 0 radical (unpaired) electrons. The van der Waals surface area contributed by atoms with Crippen LogP contribution in [0.2, 0.25) is 5.02 Å². The molecule has 0 spiro atoms. The number of alkyl halides is 3. The standard InChI is InChI=1S/C16H18ClF3N6/c1-2-25-5-7-26(8-6-25)15-23-14(10-21-24-15)22-11-3-4-13(17)12(9-11)16(18,19)20/h3-4,9-10H,2,5-8H2,1H3,(H,22,23,24). The van der Waals surface area contributed by atoms with Crippen LogP contribution in [0.1, 0.15) is 12.5 Å². The maximum Gasteiger partial charge on any atom is 0.417 e. The third-order valence-electron chi connectivity index (χ3n) is 4.19. The summed E-state index contributed by atoms with van der Waals surface area (Å²) in [5, 5.41) is 10.4. The van der Waals surface area contributed by atoms with E-state index in [2.05, 4.69) is 32.3 Å². The number of nitrogens with zero attached hydrogens (tertiary/aromatic N) is 5. The molecule has 1 saturated heterocycles. The summed E-state index contributed by atoms with van der Waals surface area (Å²) in [6.45, 7) is 6.47. The van der Waals surface area contributed by atoms with Crippen molar-refractivity contribution >= 4 is 29.1 Å². The van der Waals surface area contributed by atoms with E-state index < -0.39 is 11.7 Å². The molecule has 1 aromatic carbocycles. The van der Waals surface area contributed by atoms with E-state index in [9.17, 15) is 13.2 Å². The highest BCUT2D eigenvalue weighted by atomic mass is 35.5. The molecule has 0 atom stereocenters. The number of hydrogen-bond donors (Lipinski definition) is 1. The number of rotatable bonds is 4. The minimum absolute atomic E-state index is 0.226. The number of halogens is 4. The van der Waals surface area contributed by atoms with Crippen LogP contribution in [0.5, 0.6) is 0 Å². The zero-order valence-corrected chi connectivity index (χ0v) is 14.8. The molecule has 0 saturated carbocycles. The average Bonchev–Trinajstić information content (AvgIpc) is 2.63. The van der Waals surface area contributed by atoms with Crippen molar-refractivity contribution in [2.75, 3.05) is 42.9 Å². The first-order valence-corrected chi connectivity index (χ1v) is 8.55. The second kappa shape index (κ2) is 7.63. The van der Waals surface area contributed by atoms with Crippen LogP contribution in [0, 0.1) is 0 Å². The van der Waals surface area contributed by atoms with Gasteiger partial charge >= 0.3 is 6.18 Å². The molecule has 26 heavy (non-hydrogen) atoms. The van der Waals surface area contributed by atoms with Gasteiger partial charge in [0, 0.05) is 31.9 Å². The summed E-state index contributed by atoms with van der Waals surface area (Å²) in [6.07, 6.45) is -3.16. The predicted octanol–water partition coefficient (Wildman–Crippen LogP) is 3.43. The second-order valence-electron chi connectivity index (χ2n) is 5.88. The van der Waals surface area contributed by atoms with Crippen LogP contribution in [0.4, 0.5) is 30.6 Å². The maximum atomic E-state index is 13.0. The van der Waals surface area contributed by atoms with Gasteiger partial charge in [0.25, 0.3) is 0 Å². The molecule has 140 valence electrons. The number of nitrogens with one attached hydrogen (secondary N) is 1. The van der Waals surface area contributed by atoms with Crippen LogP contribution in [-0.4, -0.2) is 52.8 Å². The molecular formula is C16H18ClF3N6. The fraction of sp³-hybridized carbons (Fsp3) is 0.438. The molecule has 1 fully saturated rings. The van der Waals surface area contributed by atoms with Gasteiger partial charge in [-0.25, -0.2) is 0 Å². The first-order chi connectivity index (χ1) is 12.4. The van der Waals surface area contributed by atoms with Crippen LogP contribution in [0.15, 0.2) is 24.4 Å². The lowest BCUT2D eigenvalue weighted by Crippen LogP contribution is -2.46. The molecule has 0 aliphatic carbocycles. The van der Waals surface area contributed by atoms with Crippen LogP contribution in [0.25, 0.3) is 0 Å². The minimum atomic E-state index is -4.52. The Morgan fingerprint density at radius 1 is 1.19 bits per heavy atom. The Balaban J connectivity index is 1.75. The minimum Gasteiger partial charge on any atom is -0.339 e. The normalized spacial score (nSPS) is 16.0. The van der Waals surface area contributed by atoms with Crippen molar-refractivity contribution in [1.29, 1.82) is 0 Å². The average molecular weight is 387 g/mol. The van der Waals surface area contributed by atoms with Crippen molar-refractivity contribution in [3.8, 4) is 0 Å². The number of aromatic nitrogens is 3. The van der Waals surface area contributed by atoms with E-state index in [0.29, 0.717) is 11.8 Å². The Morgan fingerprint density at radius 3 is 2.58 bits per heavy atom. The summed E-state index contributed by atoms with van der Waals surface area (Å²) in [5.41, 5.74) is -0.675. The van der Waals surface area contributed by atoms with Gasteiger partial charge in [0.15, 0.2) is 5.82 Å². The summed E-state index contributed by atoms with van der Waals surface area (Å²) in [7, 11) is 0. The van der Waals surface area contributed by atoms with E-state index in [1.807, 2.05) is 4.90 Å². The summed E-state index contributed by atoms with van der Waals surface area (Å²) in [4.78, 5) is 8.69. The largest absolute Gasteiger partial charge is 0.417 e. The Bertz CT molecular complexity index is 762. The first-order valence-electron chi connectivity index (χ1n) is 8.17. The summed E-state index contributed by atoms with van der Waals surface area (Å²) >= 11 is 5.64. The van der Waals surface area contributed by atoms with Gasteiger partial charge in [0.05, 0.1) is 16.8 Å². The van der Waals surface area contributed by atoms with Crippen molar-refractivity contribution in [3.63, 3.8) is 0 Å². The van der Waals surface area contributed by atoms with Crippen molar-refractivity contribution in [2.24, 2.45) is 0 Å². The van der Waals surface area contributed by atoms with Gasteiger partial charge in [-0.1, -0.05) is 18.5 Å². The number of piperazine rings is 1. The zero-order valence-electron chi connectivity index (χ0n) is 14.1. The monoisotopic (exact) mass is 386 g/mol. The number of anilines is 3. The van der Waals surface area contributed by atoms with Gasteiger partial charge in [-0.15, -0.1) is 5.10 Å². The fourth-order valence-electron chi connectivity index (χ4n) is 2.72. The van der Waals surface area contributed by atoms with E-state index in [1.165, 1.54) is 18.3 Å². The molecule has 0 bridgehead atoms. The van der Waals surface area contributed by atoms with Crippen molar-refractivity contribution in [2.45, 2.75) is 13.1 Å². The zero-order chi connectivity index (χ0) is 18.7. The lowest BCUT2D eigenvalue weighted by Gasteiger charge is -2.33. The topological polar surface area (TPSA) is 57.2 Å². The van der Waals surface area contributed by atoms with E-state index in [1.54, 1.807) is 0 Å². The Hall–Kier alpha value is -2.13. The molecule has 0 unspecified atom stereocenters. The lowest BCUT2D eigenvalue weighted by atomic mass is 10.2. The molecule has 3 rings (SSSR count). The van der Waals surface area contributed by atoms with E-state index in [-0.39, 0.29) is 10.7 Å². The van der Waals surface area contributed by atoms with Gasteiger partial charge in [0.2, 0.25) is 5.95 Å². The van der Waals surface area contributed by atoms with Gasteiger partial charge in [-0.2, -0.15) is 23.3 Å². The molecule has 10 heteroatoms. The molecule has 1 aliphatic rings. The molecule has 2 aromatic rings. The fourth-order valence-corrected chi connectivity index (χ4v) is 2.95. The quantitative estimate of drug-likeness (QED) is 0.868. The smallest absolute Gasteiger partial charge is 0.339 e. The van der Waals surface area contributed by atoms with Crippen molar-refractivity contribution in [3.05, 3.63) is 35.0 Å². The van der Waals surface area contributed by atoms with Crippen molar-refractivity contribution < 1.29 is 13.2 Å². The van der Waals surface area contributed by atoms with Gasteiger partial charge in [-0.05, 0) is 24.7 Å². The van der Waals surface area contributed by atoms with Gasteiger partial charge in [0.1, 0.15) is 0 Å². The molecule has 1 aromatic heterocycles. The summed E-state index contributed by atoms with van der Waals surface area (Å²) < 4.78 is 38.9.